The Balaban J connectivity index is 2.64. The normalized spacial score (nSPS) is 9.76. The number of carbonyl (C=O) groups is 2. The van der Waals surface area contributed by atoms with E-state index in [1.807, 2.05) is 32.0 Å². The van der Waals surface area contributed by atoms with Crippen molar-refractivity contribution in [2.24, 2.45) is 5.73 Å². The van der Waals surface area contributed by atoms with Crippen molar-refractivity contribution in [1.29, 1.82) is 0 Å². The van der Waals surface area contributed by atoms with Crippen LogP contribution in [0.2, 0.25) is 0 Å². The van der Waals surface area contributed by atoms with Crippen LogP contribution in [0.4, 0.5) is 0 Å². The zero-order valence-electron chi connectivity index (χ0n) is 9.95. The van der Waals surface area contributed by atoms with Crippen molar-refractivity contribution in [3.8, 4) is 5.75 Å². The quantitative estimate of drug-likeness (QED) is 0.747. The van der Waals surface area contributed by atoms with Gasteiger partial charge < -0.3 is 15.8 Å². The largest absolute Gasteiger partial charge is 0.494 e. The summed E-state index contributed by atoms with van der Waals surface area (Å²) < 4.78 is 5.39. The SMILES string of the molecule is CCOc1ccc(CNC(=O)C(N)=O)cc1C. The van der Waals surface area contributed by atoms with E-state index < -0.39 is 11.8 Å². The molecule has 1 aromatic rings. The van der Waals surface area contributed by atoms with Gasteiger partial charge in [-0.3, -0.25) is 9.59 Å². The molecule has 0 aromatic heterocycles. The van der Waals surface area contributed by atoms with Crippen molar-refractivity contribution >= 4 is 11.8 Å². The lowest BCUT2D eigenvalue weighted by Gasteiger charge is -2.09. The molecular weight excluding hydrogens is 220 g/mol. The van der Waals surface area contributed by atoms with Crippen LogP contribution in [-0.2, 0) is 16.1 Å². The number of hydrogen-bond donors (Lipinski definition) is 2. The lowest BCUT2D eigenvalue weighted by Crippen LogP contribution is -2.35. The molecule has 0 aliphatic rings. The van der Waals surface area contributed by atoms with E-state index >= 15 is 0 Å². The van der Waals surface area contributed by atoms with Crippen LogP contribution in [0.15, 0.2) is 18.2 Å². The molecule has 0 aliphatic heterocycles. The van der Waals surface area contributed by atoms with Gasteiger partial charge in [-0.25, -0.2) is 0 Å². The number of aryl methyl sites for hydroxylation is 1. The van der Waals surface area contributed by atoms with Gasteiger partial charge in [-0.15, -0.1) is 0 Å². The fourth-order valence-electron chi connectivity index (χ4n) is 1.41. The number of nitrogens with one attached hydrogen (secondary N) is 1. The van der Waals surface area contributed by atoms with Gasteiger partial charge in [-0.05, 0) is 31.0 Å². The third-order valence-electron chi connectivity index (χ3n) is 2.22. The summed E-state index contributed by atoms with van der Waals surface area (Å²) in [6, 6.07) is 5.57. The summed E-state index contributed by atoms with van der Waals surface area (Å²) in [5.41, 5.74) is 6.70. The number of hydrogen-bond acceptors (Lipinski definition) is 3. The fraction of sp³-hybridized carbons (Fsp3) is 0.333. The van der Waals surface area contributed by atoms with Crippen molar-refractivity contribution in [2.45, 2.75) is 20.4 Å². The van der Waals surface area contributed by atoms with Crippen LogP contribution in [0.25, 0.3) is 0 Å². The minimum Gasteiger partial charge on any atom is -0.494 e. The molecule has 0 saturated heterocycles. The summed E-state index contributed by atoms with van der Waals surface area (Å²) >= 11 is 0. The first-order valence-corrected chi connectivity index (χ1v) is 5.34. The van der Waals surface area contributed by atoms with Crippen LogP contribution < -0.4 is 15.8 Å². The highest BCUT2D eigenvalue weighted by molar-refractivity contribution is 6.34. The van der Waals surface area contributed by atoms with Crippen molar-refractivity contribution in [2.75, 3.05) is 6.61 Å². The zero-order valence-corrected chi connectivity index (χ0v) is 9.95. The minimum atomic E-state index is -0.979. The van der Waals surface area contributed by atoms with Crippen LogP contribution in [0, 0.1) is 6.92 Å². The van der Waals surface area contributed by atoms with Crippen LogP contribution in [0.5, 0.6) is 5.75 Å². The molecule has 2 amide bonds. The van der Waals surface area contributed by atoms with Gasteiger partial charge in [-0.1, -0.05) is 12.1 Å². The monoisotopic (exact) mass is 236 g/mol. The summed E-state index contributed by atoms with van der Waals surface area (Å²) in [6.07, 6.45) is 0. The van der Waals surface area contributed by atoms with Gasteiger partial charge >= 0.3 is 11.8 Å². The first kappa shape index (κ1) is 13.0. The summed E-state index contributed by atoms with van der Waals surface area (Å²) in [4.78, 5) is 21.5. The smallest absolute Gasteiger partial charge is 0.309 e. The van der Waals surface area contributed by atoms with Crippen LogP contribution >= 0.6 is 0 Å². The second-order valence-corrected chi connectivity index (χ2v) is 3.58. The van der Waals surface area contributed by atoms with Gasteiger partial charge in [0.1, 0.15) is 5.75 Å². The molecule has 0 bridgehead atoms. The number of primary amides is 1. The minimum absolute atomic E-state index is 0.273. The second kappa shape index (κ2) is 5.89. The molecule has 0 heterocycles. The van der Waals surface area contributed by atoms with Gasteiger partial charge in [0.05, 0.1) is 6.61 Å². The maximum atomic E-state index is 11.0. The molecule has 1 rings (SSSR count). The van der Waals surface area contributed by atoms with Gasteiger partial charge in [0.2, 0.25) is 0 Å². The molecule has 0 spiro atoms. The van der Waals surface area contributed by atoms with Crippen LogP contribution in [0.1, 0.15) is 18.1 Å². The standard InChI is InChI=1S/C12H16N2O3/c1-3-17-10-5-4-9(6-8(10)2)7-14-12(16)11(13)15/h4-6H,3,7H2,1-2H3,(H2,13,15)(H,14,16). The van der Waals surface area contributed by atoms with E-state index in [1.54, 1.807) is 0 Å². The Labute approximate surface area is 99.9 Å². The highest BCUT2D eigenvalue weighted by Gasteiger charge is 2.08. The summed E-state index contributed by atoms with van der Waals surface area (Å²) in [6.45, 7) is 4.72. The number of carbonyl (C=O) groups excluding carboxylic acids is 2. The highest BCUT2D eigenvalue weighted by Crippen LogP contribution is 2.18. The molecule has 17 heavy (non-hydrogen) atoms. The van der Waals surface area contributed by atoms with E-state index in [0.717, 1.165) is 16.9 Å². The number of benzene rings is 1. The maximum Gasteiger partial charge on any atom is 0.309 e. The van der Waals surface area contributed by atoms with Crippen molar-refractivity contribution in [3.63, 3.8) is 0 Å². The number of amides is 2. The predicted octanol–water partition coefficient (Wildman–Crippen LogP) is 0.495. The Morgan fingerprint density at radius 2 is 2.12 bits per heavy atom. The Morgan fingerprint density at radius 1 is 1.41 bits per heavy atom. The number of nitrogens with two attached hydrogens (primary N) is 1. The maximum absolute atomic E-state index is 11.0. The summed E-state index contributed by atoms with van der Waals surface area (Å²) in [7, 11) is 0. The van der Waals surface area contributed by atoms with Gasteiger partial charge in [0.15, 0.2) is 0 Å². The molecule has 0 atom stereocenters. The lowest BCUT2D eigenvalue weighted by atomic mass is 10.1. The Bertz CT molecular complexity index is 430. The van der Waals surface area contributed by atoms with Crippen LogP contribution in [-0.4, -0.2) is 18.4 Å². The Morgan fingerprint density at radius 3 is 2.65 bits per heavy atom. The van der Waals surface area contributed by atoms with Crippen LogP contribution in [0.3, 0.4) is 0 Å². The molecule has 5 heteroatoms. The molecule has 1 aromatic carbocycles. The first-order chi connectivity index (χ1) is 8.04. The van der Waals surface area contributed by atoms with E-state index in [4.69, 9.17) is 10.5 Å². The third-order valence-corrected chi connectivity index (χ3v) is 2.22. The number of ether oxygens (including phenoxy) is 1. The Hall–Kier alpha value is -2.04. The molecule has 0 aliphatic carbocycles. The summed E-state index contributed by atoms with van der Waals surface area (Å²) in [5.74, 6) is -0.943. The molecule has 5 nitrogen and oxygen atoms in total. The van der Waals surface area contributed by atoms with E-state index in [9.17, 15) is 9.59 Å². The van der Waals surface area contributed by atoms with Gasteiger partial charge in [-0.2, -0.15) is 0 Å². The molecule has 92 valence electrons. The van der Waals surface area contributed by atoms with E-state index in [0.29, 0.717) is 6.61 Å². The molecule has 0 unspecified atom stereocenters. The van der Waals surface area contributed by atoms with E-state index in [1.165, 1.54) is 0 Å². The van der Waals surface area contributed by atoms with Crippen molar-refractivity contribution in [3.05, 3.63) is 29.3 Å². The van der Waals surface area contributed by atoms with Gasteiger partial charge in [0.25, 0.3) is 0 Å². The van der Waals surface area contributed by atoms with E-state index in [-0.39, 0.29) is 6.54 Å². The summed E-state index contributed by atoms with van der Waals surface area (Å²) in [5, 5.41) is 2.42. The number of rotatable bonds is 4. The molecule has 3 N–H and O–H groups in total. The molecule has 0 saturated carbocycles. The second-order valence-electron chi connectivity index (χ2n) is 3.58. The third kappa shape index (κ3) is 3.79. The molecule has 0 fully saturated rings. The topological polar surface area (TPSA) is 81.4 Å². The average molecular weight is 236 g/mol. The van der Waals surface area contributed by atoms with Gasteiger partial charge in [0, 0.05) is 6.54 Å². The zero-order chi connectivity index (χ0) is 12.8. The predicted molar refractivity (Wildman–Crippen MR) is 63.4 cm³/mol. The lowest BCUT2D eigenvalue weighted by molar-refractivity contribution is -0.137. The average Bonchev–Trinajstić information content (AvgIpc) is 2.29. The fourth-order valence-corrected chi connectivity index (χ4v) is 1.41. The highest BCUT2D eigenvalue weighted by atomic mass is 16.5. The molecule has 0 radical (unpaired) electrons. The van der Waals surface area contributed by atoms with Crippen molar-refractivity contribution < 1.29 is 14.3 Å². The molecular formula is C12H16N2O3. The Kier molecular flexibility index (Phi) is 4.51. The van der Waals surface area contributed by atoms with Crippen molar-refractivity contribution in [1.82, 2.24) is 5.32 Å². The van der Waals surface area contributed by atoms with E-state index in [2.05, 4.69) is 5.32 Å². The first-order valence-electron chi connectivity index (χ1n) is 5.34.